The zero-order valence-electron chi connectivity index (χ0n) is 15.8. The summed E-state index contributed by atoms with van der Waals surface area (Å²) in [4.78, 5) is 12.0. The minimum Gasteiger partial charge on any atom is -0.361 e. The monoisotopic (exact) mass is 424 g/mol. The summed E-state index contributed by atoms with van der Waals surface area (Å²) in [6.45, 7) is 4.04. The van der Waals surface area contributed by atoms with Crippen molar-refractivity contribution in [3.63, 3.8) is 0 Å². The number of carbonyl (C=O) groups is 1. The van der Waals surface area contributed by atoms with E-state index in [4.69, 9.17) is 4.52 Å². The Labute approximate surface area is 169 Å². The summed E-state index contributed by atoms with van der Waals surface area (Å²) in [6, 6.07) is 7.71. The smallest absolute Gasteiger partial charge is 0.361 e. The van der Waals surface area contributed by atoms with E-state index in [1.807, 2.05) is 13.8 Å². The molecule has 0 atom stereocenters. The van der Waals surface area contributed by atoms with Gasteiger partial charge in [0, 0.05) is 24.1 Å². The van der Waals surface area contributed by atoms with Crippen molar-refractivity contribution in [3.8, 4) is 5.69 Å². The molecular weight excluding hydrogens is 405 g/mol. The summed E-state index contributed by atoms with van der Waals surface area (Å²) < 4.78 is 44.2. The van der Waals surface area contributed by atoms with E-state index in [0.717, 1.165) is 33.3 Å². The maximum atomic E-state index is 12.6. The first-order valence-corrected chi connectivity index (χ1v) is 9.88. The summed E-state index contributed by atoms with van der Waals surface area (Å²) in [7, 11) is 0. The van der Waals surface area contributed by atoms with E-state index in [1.165, 1.54) is 18.0 Å². The van der Waals surface area contributed by atoms with Crippen LogP contribution in [0.25, 0.3) is 5.69 Å². The van der Waals surface area contributed by atoms with E-state index >= 15 is 0 Å². The Balaban J connectivity index is 1.47. The lowest BCUT2D eigenvalue weighted by Crippen LogP contribution is -2.24. The number of aromatic nitrogens is 3. The molecule has 0 radical (unpaired) electrons. The molecular formula is C19H19F3N4O2S. The van der Waals surface area contributed by atoms with Crippen LogP contribution in [0.1, 0.15) is 28.3 Å². The van der Waals surface area contributed by atoms with Gasteiger partial charge in [-0.25, -0.2) is 4.68 Å². The molecule has 0 aliphatic rings. The van der Waals surface area contributed by atoms with Crippen molar-refractivity contribution in [1.29, 1.82) is 0 Å². The van der Waals surface area contributed by atoms with E-state index in [-0.39, 0.29) is 5.91 Å². The second kappa shape index (κ2) is 8.73. The Morgan fingerprint density at radius 2 is 1.93 bits per heavy atom. The zero-order valence-corrected chi connectivity index (χ0v) is 16.6. The molecule has 0 aliphatic carbocycles. The predicted octanol–water partition coefficient (Wildman–Crippen LogP) is 4.05. The minimum absolute atomic E-state index is 0.104. The summed E-state index contributed by atoms with van der Waals surface area (Å²) in [5.41, 5.74) is 2.23. The Kier molecular flexibility index (Phi) is 6.31. The van der Waals surface area contributed by atoms with Crippen molar-refractivity contribution in [3.05, 3.63) is 64.8 Å². The molecule has 0 bridgehead atoms. The quantitative estimate of drug-likeness (QED) is 0.620. The van der Waals surface area contributed by atoms with Gasteiger partial charge < -0.3 is 9.84 Å². The predicted molar refractivity (Wildman–Crippen MR) is 103 cm³/mol. The minimum atomic E-state index is -4.47. The van der Waals surface area contributed by atoms with E-state index in [2.05, 4.69) is 15.6 Å². The molecule has 1 amide bonds. The van der Waals surface area contributed by atoms with Crippen LogP contribution in [0.15, 0.2) is 41.1 Å². The number of halogens is 3. The molecule has 6 nitrogen and oxygen atoms in total. The van der Waals surface area contributed by atoms with Gasteiger partial charge in [0.15, 0.2) is 5.69 Å². The van der Waals surface area contributed by atoms with Crippen LogP contribution in [-0.2, 0) is 23.3 Å². The molecule has 3 aromatic rings. The number of nitrogens with one attached hydrogen (secondary N) is 1. The van der Waals surface area contributed by atoms with Crippen LogP contribution in [0.4, 0.5) is 13.2 Å². The maximum Gasteiger partial charge on any atom is 0.435 e. The van der Waals surface area contributed by atoms with Crippen LogP contribution in [0.5, 0.6) is 0 Å². The number of aryl methyl sites for hydroxylation is 2. The molecule has 0 saturated carbocycles. The Morgan fingerprint density at radius 1 is 1.21 bits per heavy atom. The van der Waals surface area contributed by atoms with Gasteiger partial charge in [-0.1, -0.05) is 17.3 Å². The van der Waals surface area contributed by atoms with Crippen LogP contribution in [0.2, 0.25) is 0 Å². The second-order valence-electron chi connectivity index (χ2n) is 6.38. The van der Waals surface area contributed by atoms with Gasteiger partial charge in [0.25, 0.3) is 0 Å². The standard InChI is InChI=1S/C19H19F3N4O2S/c1-12-16(13(2)28-25-12)10-29-11-18(27)23-9-14-3-5-15(6-4-14)26-8-7-17(24-26)19(20,21)22/h3-8H,9-11H2,1-2H3,(H,23,27). The van der Waals surface area contributed by atoms with Gasteiger partial charge in [0.2, 0.25) is 5.91 Å². The average molecular weight is 424 g/mol. The van der Waals surface area contributed by atoms with Crippen LogP contribution < -0.4 is 5.32 Å². The Bertz CT molecular complexity index is 961. The van der Waals surface area contributed by atoms with Gasteiger partial charge in [0.1, 0.15) is 5.76 Å². The van der Waals surface area contributed by atoms with Crippen molar-refractivity contribution in [2.75, 3.05) is 5.75 Å². The molecule has 2 aromatic heterocycles. The third-order valence-corrected chi connectivity index (χ3v) is 5.19. The van der Waals surface area contributed by atoms with Gasteiger partial charge in [0.05, 0.1) is 17.1 Å². The van der Waals surface area contributed by atoms with Gasteiger partial charge in [-0.15, -0.1) is 11.8 Å². The highest BCUT2D eigenvalue weighted by molar-refractivity contribution is 7.99. The number of amides is 1. The zero-order chi connectivity index (χ0) is 21.0. The number of alkyl halides is 3. The van der Waals surface area contributed by atoms with E-state index < -0.39 is 11.9 Å². The van der Waals surface area contributed by atoms with Gasteiger partial charge in [-0.05, 0) is 37.6 Å². The molecule has 29 heavy (non-hydrogen) atoms. The third kappa shape index (κ3) is 5.41. The van der Waals surface area contributed by atoms with Crippen LogP contribution in [0, 0.1) is 13.8 Å². The highest BCUT2D eigenvalue weighted by atomic mass is 32.2. The largest absolute Gasteiger partial charge is 0.435 e. The van der Waals surface area contributed by atoms with Gasteiger partial charge in [-0.3, -0.25) is 4.79 Å². The van der Waals surface area contributed by atoms with E-state index in [1.54, 1.807) is 24.3 Å². The van der Waals surface area contributed by atoms with Crippen LogP contribution in [0.3, 0.4) is 0 Å². The number of rotatable bonds is 7. The first-order chi connectivity index (χ1) is 13.7. The lowest BCUT2D eigenvalue weighted by molar-refractivity contribution is -0.141. The van der Waals surface area contributed by atoms with Gasteiger partial charge >= 0.3 is 6.18 Å². The van der Waals surface area contributed by atoms with Crippen molar-refractivity contribution in [2.45, 2.75) is 32.3 Å². The third-order valence-electron chi connectivity index (χ3n) is 4.23. The summed E-state index contributed by atoms with van der Waals surface area (Å²) >= 11 is 1.47. The van der Waals surface area contributed by atoms with Crippen molar-refractivity contribution >= 4 is 17.7 Å². The molecule has 1 aromatic carbocycles. The number of nitrogens with zero attached hydrogens (tertiary/aromatic N) is 3. The average Bonchev–Trinajstić information content (AvgIpc) is 3.29. The van der Waals surface area contributed by atoms with Crippen LogP contribution >= 0.6 is 11.8 Å². The molecule has 10 heteroatoms. The van der Waals surface area contributed by atoms with Crippen molar-refractivity contribution < 1.29 is 22.5 Å². The first-order valence-electron chi connectivity index (χ1n) is 8.72. The lowest BCUT2D eigenvalue weighted by Gasteiger charge is -2.07. The molecule has 0 fully saturated rings. The fourth-order valence-corrected chi connectivity index (χ4v) is 3.60. The van der Waals surface area contributed by atoms with Crippen molar-refractivity contribution in [1.82, 2.24) is 20.3 Å². The molecule has 154 valence electrons. The molecule has 0 saturated heterocycles. The summed E-state index contributed by atoms with van der Waals surface area (Å²) in [5.74, 6) is 1.60. The Hall–Kier alpha value is -2.75. The SMILES string of the molecule is Cc1noc(C)c1CSCC(=O)NCc1ccc(-n2ccc(C(F)(F)F)n2)cc1. The fraction of sp³-hybridized carbons (Fsp3) is 0.316. The maximum absolute atomic E-state index is 12.6. The molecule has 3 rings (SSSR count). The normalized spacial score (nSPS) is 11.6. The summed E-state index contributed by atoms with van der Waals surface area (Å²) in [6.07, 6.45) is -3.21. The molecule has 0 unspecified atom stereocenters. The van der Waals surface area contributed by atoms with E-state index in [0.29, 0.717) is 23.7 Å². The number of hydrogen-bond donors (Lipinski definition) is 1. The number of benzene rings is 1. The number of hydrogen-bond acceptors (Lipinski definition) is 5. The van der Waals surface area contributed by atoms with Gasteiger partial charge in [-0.2, -0.15) is 18.3 Å². The molecule has 1 N–H and O–H groups in total. The molecule has 0 aliphatic heterocycles. The van der Waals surface area contributed by atoms with E-state index in [9.17, 15) is 18.0 Å². The highest BCUT2D eigenvalue weighted by Crippen LogP contribution is 2.27. The number of thioether (sulfide) groups is 1. The lowest BCUT2D eigenvalue weighted by atomic mass is 10.2. The van der Waals surface area contributed by atoms with Crippen LogP contribution in [-0.4, -0.2) is 26.6 Å². The molecule has 2 heterocycles. The number of carbonyl (C=O) groups excluding carboxylic acids is 1. The second-order valence-corrected chi connectivity index (χ2v) is 7.37. The summed E-state index contributed by atoms with van der Waals surface area (Å²) in [5, 5.41) is 10.2. The topological polar surface area (TPSA) is 73.0 Å². The fourth-order valence-electron chi connectivity index (χ4n) is 2.59. The highest BCUT2D eigenvalue weighted by Gasteiger charge is 2.33. The molecule has 0 spiro atoms. The first kappa shape index (κ1) is 21.0. The Morgan fingerprint density at radius 3 is 2.52 bits per heavy atom. The van der Waals surface area contributed by atoms with Crippen molar-refractivity contribution in [2.24, 2.45) is 0 Å².